The van der Waals surface area contributed by atoms with E-state index in [9.17, 15) is 4.79 Å². The van der Waals surface area contributed by atoms with Crippen molar-refractivity contribution in [2.45, 2.75) is 13.5 Å². The van der Waals surface area contributed by atoms with Gasteiger partial charge in [0.15, 0.2) is 0 Å². The number of hydrogen-bond acceptors (Lipinski definition) is 6. The number of carbonyl (C=O) groups excluding carboxylic acids is 1. The highest BCUT2D eigenvalue weighted by Crippen LogP contribution is 2.26. The topological polar surface area (TPSA) is 74.0 Å². The van der Waals surface area contributed by atoms with Crippen molar-refractivity contribution in [2.75, 3.05) is 19.3 Å². The molecular weight excluding hydrogens is 348 g/mol. The minimum absolute atomic E-state index is 0.162. The van der Waals surface area contributed by atoms with Gasteiger partial charge in [-0.05, 0) is 13.0 Å². The van der Waals surface area contributed by atoms with Crippen molar-refractivity contribution in [3.8, 4) is 17.2 Å². The Bertz CT molecular complexity index is 905. The minimum atomic E-state index is -0.633. The third kappa shape index (κ3) is 4.27. The van der Waals surface area contributed by atoms with Crippen LogP contribution in [-0.4, -0.2) is 25.5 Å². The SMILES string of the molecule is COC(=O)N(OC)c1ccccc1COc1cc(-c2ccc(C)cc2)no1. The number of hydrogen-bond donors (Lipinski definition) is 0. The number of hydroxylamine groups is 1. The first-order chi connectivity index (χ1) is 13.1. The van der Waals surface area contributed by atoms with Crippen molar-refractivity contribution in [3.05, 3.63) is 65.7 Å². The molecule has 7 heteroatoms. The van der Waals surface area contributed by atoms with Crippen LogP contribution >= 0.6 is 0 Å². The number of rotatable bonds is 6. The molecule has 0 aliphatic carbocycles. The summed E-state index contributed by atoms with van der Waals surface area (Å²) in [6.07, 6.45) is -0.633. The quantitative estimate of drug-likeness (QED) is 0.602. The average molecular weight is 368 g/mol. The highest BCUT2D eigenvalue weighted by atomic mass is 16.7. The summed E-state index contributed by atoms with van der Waals surface area (Å²) in [5, 5.41) is 5.09. The van der Waals surface area contributed by atoms with Gasteiger partial charge in [0, 0.05) is 11.1 Å². The summed E-state index contributed by atoms with van der Waals surface area (Å²) >= 11 is 0. The molecule has 140 valence electrons. The van der Waals surface area contributed by atoms with E-state index in [-0.39, 0.29) is 12.6 Å². The number of amides is 1. The molecule has 0 saturated heterocycles. The molecule has 0 unspecified atom stereocenters. The van der Waals surface area contributed by atoms with Gasteiger partial charge in [-0.25, -0.2) is 4.79 Å². The zero-order chi connectivity index (χ0) is 19.2. The summed E-state index contributed by atoms with van der Waals surface area (Å²) < 4.78 is 15.7. The van der Waals surface area contributed by atoms with Crippen molar-refractivity contribution >= 4 is 11.8 Å². The number of nitrogens with zero attached hydrogens (tertiary/aromatic N) is 2. The molecule has 2 aromatic carbocycles. The number of benzene rings is 2. The van der Waals surface area contributed by atoms with Crippen molar-refractivity contribution in [1.29, 1.82) is 0 Å². The van der Waals surface area contributed by atoms with Gasteiger partial charge in [-0.3, -0.25) is 4.84 Å². The van der Waals surface area contributed by atoms with Gasteiger partial charge < -0.3 is 14.0 Å². The number of aromatic nitrogens is 1. The maximum absolute atomic E-state index is 11.9. The maximum atomic E-state index is 11.9. The Morgan fingerprint density at radius 1 is 1.11 bits per heavy atom. The number of aryl methyl sites for hydroxylation is 1. The zero-order valence-corrected chi connectivity index (χ0v) is 15.3. The summed E-state index contributed by atoms with van der Waals surface area (Å²) in [4.78, 5) is 17.0. The van der Waals surface area contributed by atoms with E-state index in [4.69, 9.17) is 18.8 Å². The van der Waals surface area contributed by atoms with E-state index in [0.29, 0.717) is 11.4 Å². The standard InChI is InChI=1S/C20H20N2O5/c1-14-8-10-15(11-9-14)17-12-19(27-21-17)26-13-16-6-4-5-7-18(16)22(25-3)20(23)24-2/h4-12H,13H2,1-3H3. The zero-order valence-electron chi connectivity index (χ0n) is 15.3. The molecule has 0 fully saturated rings. The Morgan fingerprint density at radius 3 is 2.56 bits per heavy atom. The summed E-state index contributed by atoms with van der Waals surface area (Å²) in [6, 6.07) is 16.9. The third-order valence-corrected chi connectivity index (χ3v) is 3.94. The van der Waals surface area contributed by atoms with E-state index in [2.05, 4.69) is 5.16 Å². The molecule has 1 aromatic heterocycles. The second kappa shape index (κ2) is 8.37. The fourth-order valence-electron chi connectivity index (χ4n) is 2.52. The van der Waals surface area contributed by atoms with Gasteiger partial charge in [0.1, 0.15) is 12.3 Å². The first-order valence-corrected chi connectivity index (χ1v) is 8.29. The van der Waals surface area contributed by atoms with E-state index < -0.39 is 6.09 Å². The molecule has 0 bridgehead atoms. The van der Waals surface area contributed by atoms with Crippen LogP contribution in [0.3, 0.4) is 0 Å². The van der Waals surface area contributed by atoms with Crippen LogP contribution in [0.2, 0.25) is 0 Å². The molecule has 3 aromatic rings. The van der Waals surface area contributed by atoms with Gasteiger partial charge in [0.2, 0.25) is 0 Å². The average Bonchev–Trinajstić information content (AvgIpc) is 3.17. The van der Waals surface area contributed by atoms with Crippen molar-refractivity contribution in [3.63, 3.8) is 0 Å². The Kier molecular flexibility index (Phi) is 5.73. The van der Waals surface area contributed by atoms with Crippen LogP contribution in [0, 0.1) is 6.92 Å². The number of methoxy groups -OCH3 is 1. The molecule has 0 atom stereocenters. The molecule has 0 saturated carbocycles. The lowest BCUT2D eigenvalue weighted by Crippen LogP contribution is -2.30. The van der Waals surface area contributed by atoms with E-state index in [0.717, 1.165) is 16.2 Å². The van der Waals surface area contributed by atoms with Crippen LogP contribution in [0.5, 0.6) is 5.95 Å². The normalized spacial score (nSPS) is 10.5. The maximum Gasteiger partial charge on any atom is 0.438 e. The Balaban J connectivity index is 1.74. The predicted molar refractivity (Wildman–Crippen MR) is 99.3 cm³/mol. The second-order valence-electron chi connectivity index (χ2n) is 5.76. The van der Waals surface area contributed by atoms with Crippen LogP contribution < -0.4 is 9.80 Å². The van der Waals surface area contributed by atoms with Gasteiger partial charge in [-0.1, -0.05) is 53.2 Å². The van der Waals surface area contributed by atoms with Crippen molar-refractivity contribution in [2.24, 2.45) is 0 Å². The Hall–Kier alpha value is -3.32. The molecule has 3 rings (SSSR count). The molecule has 0 spiro atoms. The van der Waals surface area contributed by atoms with Crippen LogP contribution in [0.4, 0.5) is 10.5 Å². The van der Waals surface area contributed by atoms with E-state index in [1.165, 1.54) is 19.8 Å². The highest BCUT2D eigenvalue weighted by Gasteiger charge is 2.19. The largest absolute Gasteiger partial charge is 0.459 e. The number of anilines is 1. The molecule has 0 radical (unpaired) electrons. The van der Waals surface area contributed by atoms with Crippen LogP contribution in [0.15, 0.2) is 59.1 Å². The van der Waals surface area contributed by atoms with Gasteiger partial charge in [0.05, 0.1) is 26.0 Å². The van der Waals surface area contributed by atoms with Crippen LogP contribution in [0.1, 0.15) is 11.1 Å². The van der Waals surface area contributed by atoms with Crippen LogP contribution in [0.25, 0.3) is 11.3 Å². The number of para-hydroxylation sites is 1. The number of carbonyl (C=O) groups is 1. The summed E-state index contributed by atoms with van der Waals surface area (Å²) in [5.74, 6) is 0.280. The summed E-state index contributed by atoms with van der Waals surface area (Å²) in [7, 11) is 2.67. The molecular formula is C20H20N2O5. The fourth-order valence-corrected chi connectivity index (χ4v) is 2.52. The molecule has 0 N–H and O–H groups in total. The fraction of sp³-hybridized carbons (Fsp3) is 0.200. The second-order valence-corrected chi connectivity index (χ2v) is 5.76. The van der Waals surface area contributed by atoms with E-state index in [1.54, 1.807) is 18.2 Å². The summed E-state index contributed by atoms with van der Waals surface area (Å²) in [5.41, 5.74) is 4.04. The smallest absolute Gasteiger partial charge is 0.438 e. The first-order valence-electron chi connectivity index (χ1n) is 8.29. The molecule has 1 amide bonds. The highest BCUT2D eigenvalue weighted by molar-refractivity contribution is 5.86. The Morgan fingerprint density at radius 2 is 1.85 bits per heavy atom. The molecule has 1 heterocycles. The number of ether oxygens (including phenoxy) is 2. The predicted octanol–water partition coefficient (Wildman–Crippen LogP) is 4.36. The summed E-state index contributed by atoms with van der Waals surface area (Å²) in [6.45, 7) is 2.19. The van der Waals surface area contributed by atoms with Gasteiger partial charge in [-0.15, -0.1) is 0 Å². The van der Waals surface area contributed by atoms with Gasteiger partial charge in [0.25, 0.3) is 0 Å². The van der Waals surface area contributed by atoms with Gasteiger partial charge >= 0.3 is 12.0 Å². The molecule has 0 aliphatic heterocycles. The van der Waals surface area contributed by atoms with Crippen molar-refractivity contribution < 1.29 is 23.6 Å². The first kappa shape index (κ1) is 18.5. The Labute approximate surface area is 157 Å². The van der Waals surface area contributed by atoms with Crippen LogP contribution in [-0.2, 0) is 16.2 Å². The third-order valence-electron chi connectivity index (χ3n) is 3.94. The van der Waals surface area contributed by atoms with Crippen molar-refractivity contribution in [1.82, 2.24) is 5.16 Å². The lowest BCUT2D eigenvalue weighted by atomic mass is 10.1. The van der Waals surface area contributed by atoms with Gasteiger partial charge in [-0.2, -0.15) is 5.06 Å². The lowest BCUT2D eigenvalue weighted by molar-refractivity contribution is 0.115. The molecule has 0 aliphatic rings. The monoisotopic (exact) mass is 368 g/mol. The molecule has 7 nitrogen and oxygen atoms in total. The molecule has 27 heavy (non-hydrogen) atoms. The van der Waals surface area contributed by atoms with E-state index in [1.807, 2.05) is 43.3 Å². The lowest BCUT2D eigenvalue weighted by Gasteiger charge is -2.20. The minimum Gasteiger partial charge on any atom is -0.459 e. The van der Waals surface area contributed by atoms with E-state index >= 15 is 0 Å².